The Morgan fingerprint density at radius 1 is 1.17 bits per heavy atom. The van der Waals surface area contributed by atoms with Crippen molar-refractivity contribution in [2.45, 2.75) is 6.04 Å². The summed E-state index contributed by atoms with van der Waals surface area (Å²) in [6.07, 6.45) is 4.76. The van der Waals surface area contributed by atoms with Crippen molar-refractivity contribution in [2.24, 2.45) is 7.05 Å². The third-order valence-electron chi connectivity index (χ3n) is 4.56. The zero-order valence-corrected chi connectivity index (χ0v) is 17.0. The van der Waals surface area contributed by atoms with Crippen LogP contribution < -0.4 is 10.6 Å². The Balaban J connectivity index is 1.62. The largest absolute Gasteiger partial charge is 0.468 e. The topological polar surface area (TPSA) is 109 Å². The van der Waals surface area contributed by atoms with Gasteiger partial charge >= 0.3 is 11.8 Å². The van der Waals surface area contributed by atoms with Crippen LogP contribution in [0.25, 0.3) is 0 Å². The van der Waals surface area contributed by atoms with E-state index in [4.69, 9.17) is 4.42 Å². The summed E-state index contributed by atoms with van der Waals surface area (Å²) in [7, 11) is 5.42. The number of ketones is 1. The first-order valence-corrected chi connectivity index (χ1v) is 9.28. The van der Waals surface area contributed by atoms with E-state index >= 15 is 0 Å². The lowest BCUT2D eigenvalue weighted by molar-refractivity contribution is -0.136. The van der Waals surface area contributed by atoms with E-state index in [2.05, 4.69) is 15.6 Å². The quantitative estimate of drug-likeness (QED) is 0.453. The lowest BCUT2D eigenvalue weighted by atomic mass is 10.1. The van der Waals surface area contributed by atoms with E-state index in [1.54, 1.807) is 54.4 Å². The second kappa shape index (κ2) is 9.19. The Kier molecular flexibility index (Phi) is 6.43. The Labute approximate surface area is 173 Å². The molecule has 0 bridgehead atoms. The molecule has 0 aliphatic heterocycles. The van der Waals surface area contributed by atoms with Crippen molar-refractivity contribution < 1.29 is 18.8 Å². The maximum Gasteiger partial charge on any atom is 0.313 e. The van der Waals surface area contributed by atoms with Gasteiger partial charge in [-0.05, 0) is 38.4 Å². The molecular weight excluding hydrogens is 386 g/mol. The minimum absolute atomic E-state index is 0.199. The van der Waals surface area contributed by atoms with Crippen molar-refractivity contribution >= 4 is 23.3 Å². The van der Waals surface area contributed by atoms with Gasteiger partial charge in [-0.15, -0.1) is 0 Å². The van der Waals surface area contributed by atoms with Crippen molar-refractivity contribution in [3.05, 3.63) is 72.2 Å². The minimum atomic E-state index is -0.825. The number of likely N-dealkylation sites (N-methyl/N-ethyl adjacent to an activating group) is 1. The molecular formula is C21H23N5O4. The fraction of sp³-hybridized carbons (Fsp3) is 0.238. The van der Waals surface area contributed by atoms with Crippen LogP contribution in [0, 0.1) is 0 Å². The average Bonchev–Trinajstić information content (AvgIpc) is 3.39. The molecule has 30 heavy (non-hydrogen) atoms. The van der Waals surface area contributed by atoms with E-state index < -0.39 is 11.8 Å². The molecule has 9 nitrogen and oxygen atoms in total. The number of furan rings is 1. The molecule has 9 heteroatoms. The molecule has 0 spiro atoms. The van der Waals surface area contributed by atoms with E-state index in [0.717, 1.165) is 0 Å². The Morgan fingerprint density at radius 3 is 2.60 bits per heavy atom. The summed E-state index contributed by atoms with van der Waals surface area (Å²) in [5.41, 5.74) is 0.693. The smallest absolute Gasteiger partial charge is 0.313 e. The van der Waals surface area contributed by atoms with Gasteiger partial charge in [0, 0.05) is 37.2 Å². The van der Waals surface area contributed by atoms with Gasteiger partial charge in [-0.2, -0.15) is 0 Å². The van der Waals surface area contributed by atoms with Crippen LogP contribution in [0.5, 0.6) is 0 Å². The highest BCUT2D eigenvalue weighted by Crippen LogP contribution is 2.18. The monoisotopic (exact) mass is 409 g/mol. The molecule has 0 aliphatic carbocycles. The number of aryl methyl sites for hydroxylation is 1. The summed E-state index contributed by atoms with van der Waals surface area (Å²) < 4.78 is 7.00. The van der Waals surface area contributed by atoms with Crippen LogP contribution in [-0.4, -0.2) is 52.7 Å². The van der Waals surface area contributed by atoms with Crippen molar-refractivity contribution in [3.8, 4) is 0 Å². The molecule has 156 valence electrons. The molecule has 1 aromatic carbocycles. The standard InChI is InChI=1S/C21H23N5O4/c1-25(2)16(17-8-5-11-30-17)13-23-20(28)21(29)24-15-7-4-6-14(12-15)18(27)19-22-9-10-26(19)3/h4-12,16H,13H2,1-3H3,(H,23,28)(H,24,29). The van der Waals surface area contributed by atoms with Gasteiger partial charge in [0.2, 0.25) is 5.78 Å². The molecule has 0 saturated carbocycles. The number of rotatable bonds is 7. The van der Waals surface area contributed by atoms with Gasteiger partial charge in [0.25, 0.3) is 0 Å². The van der Waals surface area contributed by atoms with Gasteiger partial charge in [-0.3, -0.25) is 19.3 Å². The van der Waals surface area contributed by atoms with Crippen LogP contribution in [0.3, 0.4) is 0 Å². The molecule has 2 heterocycles. The van der Waals surface area contributed by atoms with Gasteiger partial charge < -0.3 is 19.6 Å². The molecule has 2 aromatic heterocycles. The normalized spacial score (nSPS) is 11.9. The summed E-state index contributed by atoms with van der Waals surface area (Å²) in [5.74, 6) is -0.928. The number of nitrogens with zero attached hydrogens (tertiary/aromatic N) is 3. The maximum atomic E-state index is 12.6. The van der Waals surface area contributed by atoms with Gasteiger partial charge in [0.1, 0.15) is 5.76 Å². The van der Waals surface area contributed by atoms with E-state index in [9.17, 15) is 14.4 Å². The SMILES string of the molecule is CN(C)C(CNC(=O)C(=O)Nc1cccc(C(=O)c2nccn2C)c1)c1ccco1. The predicted octanol–water partition coefficient (Wildman–Crippen LogP) is 1.60. The first-order chi connectivity index (χ1) is 14.4. The minimum Gasteiger partial charge on any atom is -0.468 e. The Bertz CT molecular complexity index is 1040. The van der Waals surface area contributed by atoms with Gasteiger partial charge in [-0.25, -0.2) is 4.98 Å². The zero-order chi connectivity index (χ0) is 21.7. The van der Waals surface area contributed by atoms with Crippen LogP contribution in [-0.2, 0) is 16.6 Å². The molecule has 3 rings (SSSR count). The number of aromatic nitrogens is 2. The second-order valence-electron chi connectivity index (χ2n) is 6.93. The third-order valence-corrected chi connectivity index (χ3v) is 4.56. The van der Waals surface area contributed by atoms with Crippen molar-refractivity contribution in [1.82, 2.24) is 19.8 Å². The number of carbonyl (C=O) groups excluding carboxylic acids is 3. The van der Waals surface area contributed by atoms with Crippen LogP contribution in [0.4, 0.5) is 5.69 Å². The number of hydrogen-bond acceptors (Lipinski definition) is 6. The van der Waals surface area contributed by atoms with Gasteiger partial charge in [-0.1, -0.05) is 12.1 Å². The molecule has 2 N–H and O–H groups in total. The number of carbonyl (C=O) groups is 3. The number of anilines is 1. The van der Waals surface area contributed by atoms with Gasteiger partial charge in [0.15, 0.2) is 5.82 Å². The van der Waals surface area contributed by atoms with Crippen molar-refractivity contribution in [1.29, 1.82) is 0 Å². The van der Waals surface area contributed by atoms with Crippen LogP contribution in [0.15, 0.2) is 59.5 Å². The molecule has 0 fully saturated rings. The number of benzene rings is 1. The molecule has 1 atom stereocenters. The van der Waals surface area contributed by atoms with E-state index in [1.807, 2.05) is 19.0 Å². The average molecular weight is 409 g/mol. The van der Waals surface area contributed by atoms with Gasteiger partial charge in [0.05, 0.1) is 12.3 Å². The lowest BCUT2D eigenvalue weighted by Gasteiger charge is -2.22. The highest BCUT2D eigenvalue weighted by atomic mass is 16.3. The van der Waals surface area contributed by atoms with E-state index in [1.165, 1.54) is 12.3 Å². The van der Waals surface area contributed by atoms with Crippen molar-refractivity contribution in [3.63, 3.8) is 0 Å². The zero-order valence-electron chi connectivity index (χ0n) is 17.0. The molecule has 3 aromatic rings. The van der Waals surface area contributed by atoms with Crippen LogP contribution in [0.1, 0.15) is 28.0 Å². The van der Waals surface area contributed by atoms with E-state index in [-0.39, 0.29) is 24.2 Å². The summed E-state index contributed by atoms with van der Waals surface area (Å²) >= 11 is 0. The molecule has 0 radical (unpaired) electrons. The predicted molar refractivity (Wildman–Crippen MR) is 110 cm³/mol. The molecule has 0 aliphatic rings. The Morgan fingerprint density at radius 2 is 1.97 bits per heavy atom. The molecule has 1 unspecified atom stereocenters. The number of amides is 2. The van der Waals surface area contributed by atoms with Crippen molar-refractivity contribution in [2.75, 3.05) is 26.0 Å². The van der Waals surface area contributed by atoms with E-state index in [0.29, 0.717) is 17.0 Å². The summed E-state index contributed by atoms with van der Waals surface area (Å²) in [5, 5.41) is 5.12. The molecule has 2 amide bonds. The Hall–Kier alpha value is -3.72. The maximum absolute atomic E-state index is 12.6. The molecule has 0 saturated heterocycles. The van der Waals surface area contributed by atoms with Crippen LogP contribution >= 0.6 is 0 Å². The summed E-state index contributed by atoms with van der Waals surface area (Å²) in [6, 6.07) is 9.72. The first kappa shape index (κ1) is 21.0. The fourth-order valence-corrected chi connectivity index (χ4v) is 2.93. The highest BCUT2D eigenvalue weighted by molar-refractivity contribution is 6.39. The van der Waals surface area contributed by atoms with Crippen LogP contribution in [0.2, 0.25) is 0 Å². The highest BCUT2D eigenvalue weighted by Gasteiger charge is 2.21. The third kappa shape index (κ3) is 4.81. The first-order valence-electron chi connectivity index (χ1n) is 9.28. The summed E-state index contributed by atoms with van der Waals surface area (Å²) in [4.78, 5) is 43.0. The lowest BCUT2D eigenvalue weighted by Crippen LogP contribution is -2.40. The number of nitrogens with one attached hydrogen (secondary N) is 2. The number of imidazole rings is 1. The second-order valence-corrected chi connectivity index (χ2v) is 6.93. The number of hydrogen-bond donors (Lipinski definition) is 2. The fourth-order valence-electron chi connectivity index (χ4n) is 2.93. The summed E-state index contributed by atoms with van der Waals surface area (Å²) in [6.45, 7) is 0.199.